The van der Waals surface area contributed by atoms with Crippen LogP contribution < -0.4 is 35.6 Å². The highest BCUT2D eigenvalue weighted by Crippen LogP contribution is 2.69. The van der Waals surface area contributed by atoms with Crippen molar-refractivity contribution in [3.05, 3.63) is 96.1 Å². The molecule has 2 unspecified atom stereocenters. The molecule has 0 radical (unpaired) electrons. The lowest BCUT2D eigenvalue weighted by Gasteiger charge is -2.59. The SMILES string of the molecule is CC(C)(C)OC(=O)N1C(=O)CCC(N2CCN(c3ccc(OCCCCCCCCN)cc3)C2=O)C1=O.C[C@@H]1C[C@H]2[C@H](C[C@H](O)[C@@]3(F)[C@H]2CCC2=CC(=O)C=C[C@@]23C)[C@@]1(O)C(=O)NCCCCCCCCOc1ccc(N2CCN(C3CCC(=O)NC3=O)C2=O)cc1.C[C@@H]1C[C@H]2[C@H](C[C@H](O)[C@@]3(F)[C@H]2CCC2=CC(=O)C=C[C@@]23C)[C@@]1(O)C(=O)O. The molecule has 18 atom stereocenters. The van der Waals surface area contributed by atoms with Gasteiger partial charge in [-0.3, -0.25) is 48.7 Å². The highest BCUT2D eigenvalue weighted by atomic mass is 19.1. The number of carbonyl (C=O) groups is 11. The zero-order valence-electron chi connectivity index (χ0n) is 69.2. The van der Waals surface area contributed by atoms with Crippen molar-refractivity contribution in [3.63, 3.8) is 0 Å². The smallest absolute Gasteiger partial charge is 0.424 e. The number of aliphatic hydroxyl groups excluding tert-OH is 2. The van der Waals surface area contributed by atoms with Crippen LogP contribution in [0.4, 0.5) is 34.5 Å². The van der Waals surface area contributed by atoms with Gasteiger partial charge in [0.25, 0.3) is 11.8 Å². The van der Waals surface area contributed by atoms with Crippen molar-refractivity contribution >= 4 is 76.6 Å². The molecule has 4 heterocycles. The van der Waals surface area contributed by atoms with Crippen LogP contribution in [0, 0.1) is 58.2 Å². The van der Waals surface area contributed by atoms with Gasteiger partial charge in [0.1, 0.15) is 34.8 Å². The Hall–Kier alpha value is -8.77. The third-order valence-corrected chi connectivity index (χ3v) is 28.1. The number of carboxylic acid groups (broad SMARTS) is 1. The van der Waals surface area contributed by atoms with Gasteiger partial charge in [-0.2, -0.15) is 4.90 Å². The minimum Gasteiger partial charge on any atom is -0.494 e. The number of halogens is 2. The molecule has 118 heavy (non-hydrogen) atoms. The van der Waals surface area contributed by atoms with Crippen LogP contribution in [-0.2, 0) is 43.1 Å². The number of hydrogen-bond donors (Lipinski definition) is 8. The fourth-order valence-corrected chi connectivity index (χ4v) is 21.7. The van der Waals surface area contributed by atoms with Gasteiger partial charge in [0.05, 0.1) is 25.4 Å². The van der Waals surface area contributed by atoms with Crippen molar-refractivity contribution in [2.45, 2.75) is 255 Å². The molecule has 10 fully saturated rings. The molecule has 14 rings (SSSR count). The minimum atomic E-state index is -1.97. The zero-order chi connectivity index (χ0) is 85.2. The van der Waals surface area contributed by atoms with Gasteiger partial charge in [-0.1, -0.05) is 88.5 Å². The third kappa shape index (κ3) is 16.9. The maximum absolute atomic E-state index is 17.2. The maximum Gasteiger partial charge on any atom is 0.424 e. The molecule has 4 aliphatic heterocycles. The number of hydrogen-bond acceptors (Lipinski definition) is 19. The fraction of sp³-hybridized carbons (Fsp3) is 0.652. The van der Waals surface area contributed by atoms with Crippen molar-refractivity contribution < 1.29 is 101 Å². The topological polar surface area (TPSA) is 383 Å². The van der Waals surface area contributed by atoms with Crippen molar-refractivity contribution in [2.24, 2.45) is 63.9 Å². The number of rotatable bonds is 25. The number of aliphatic hydroxyl groups is 4. The molecule has 0 spiro atoms. The van der Waals surface area contributed by atoms with Gasteiger partial charge in [-0.25, -0.2) is 28.0 Å². The largest absolute Gasteiger partial charge is 0.494 e. The van der Waals surface area contributed by atoms with Gasteiger partial charge < -0.3 is 60.6 Å². The third-order valence-electron chi connectivity index (χ3n) is 28.1. The summed E-state index contributed by atoms with van der Waals surface area (Å²) in [6.07, 6.45) is 21.1. The van der Waals surface area contributed by atoms with E-state index < -0.39 is 129 Å². The number of nitrogens with two attached hydrogens (primary N) is 1. The summed E-state index contributed by atoms with van der Waals surface area (Å²) in [5.41, 5.74) is -2.24. The number of carboxylic acids is 1. The summed E-state index contributed by atoms with van der Waals surface area (Å²) in [6.45, 7) is 16.0. The summed E-state index contributed by atoms with van der Waals surface area (Å²) in [6, 6.07) is 12.6. The van der Waals surface area contributed by atoms with E-state index in [4.69, 9.17) is 19.9 Å². The molecule has 6 saturated carbocycles. The number of ether oxygens (including phenoxy) is 3. The Bertz CT molecular complexity index is 4260. The lowest BCUT2D eigenvalue weighted by Crippen LogP contribution is -2.66. The van der Waals surface area contributed by atoms with Crippen molar-refractivity contribution in [1.29, 1.82) is 0 Å². The molecule has 10 amide bonds. The first-order valence-corrected chi connectivity index (χ1v) is 42.8. The summed E-state index contributed by atoms with van der Waals surface area (Å²) in [7, 11) is 0. The monoisotopic (exact) mass is 1640 g/mol. The highest BCUT2D eigenvalue weighted by Gasteiger charge is 2.74. The molecular formula is C89H120F2N8O19. The number of carbonyl (C=O) groups excluding carboxylic acids is 10. The van der Waals surface area contributed by atoms with E-state index in [1.54, 1.807) is 63.5 Å². The molecule has 12 aliphatic rings. The molecule has 9 N–H and O–H groups in total. The van der Waals surface area contributed by atoms with E-state index in [0.29, 0.717) is 118 Å². The van der Waals surface area contributed by atoms with Crippen molar-refractivity contribution in [1.82, 2.24) is 25.3 Å². The number of fused-ring (bicyclic) bond motifs is 10. The van der Waals surface area contributed by atoms with Crippen LogP contribution in [-0.4, -0.2) is 210 Å². The molecule has 2 aromatic carbocycles. The second kappa shape index (κ2) is 35.9. The number of alkyl halides is 2. The lowest BCUT2D eigenvalue weighted by molar-refractivity contribution is -0.198. The number of ketones is 2. The van der Waals surface area contributed by atoms with Gasteiger partial charge in [0.15, 0.2) is 28.5 Å². The molecule has 0 bridgehead atoms. The van der Waals surface area contributed by atoms with Gasteiger partial charge in [0.2, 0.25) is 17.7 Å². The fourth-order valence-electron chi connectivity index (χ4n) is 21.7. The molecule has 0 aromatic heterocycles. The van der Waals surface area contributed by atoms with Crippen LogP contribution in [0.15, 0.2) is 96.1 Å². The number of benzene rings is 2. The molecule has 8 aliphatic carbocycles. The van der Waals surface area contributed by atoms with Crippen molar-refractivity contribution in [3.8, 4) is 11.5 Å². The Balaban J connectivity index is 0.000000175. The average molecular weight is 1640 g/mol. The molecular weight excluding hydrogens is 1520 g/mol. The van der Waals surface area contributed by atoms with Gasteiger partial charge in [0, 0.05) is 91.4 Å². The Morgan fingerprint density at radius 3 is 1.47 bits per heavy atom. The number of imide groups is 4. The number of anilines is 2. The normalized spacial score (nSPS) is 34.0. The summed E-state index contributed by atoms with van der Waals surface area (Å²) >= 11 is 0. The van der Waals surface area contributed by atoms with E-state index in [2.05, 4.69) is 10.6 Å². The second-order valence-corrected chi connectivity index (χ2v) is 36.1. The Morgan fingerprint density at radius 2 is 1.01 bits per heavy atom. The standard InChI is InChI=1S/C42H55FN4O8.C27H40N4O6.C20H25FO5/c1-26-23-31-32-14-9-27-24-29(48)17-18-40(27,2)42(32,43)35(49)25-33(31)41(26,54)38(52)44-19-7-5-3-4-6-8-22-55-30-12-10-28(11-13-30)46-20-21-47(39(46)53)34-15-16-36(50)45-37(34)51;1-27(2,3)37-26(35)31-23(32)15-14-22(24(31)33)30-18-17-29(25(30)34)20-10-12-21(13-11-20)36-19-9-7-5-4-6-8-16-28;1-10-7-13-14-4-3-11-8-12(22)5-6-18(11,2)20(14,21)16(23)9-15(13)19(10,26)17(24)25/h10-13,17-18,24,26,31-35,49,54H,3-9,14-16,19-23,25H2,1-2H3,(H,44,52)(H,45,50,51);10-13,22H,4-9,14-19,28H2,1-3H3;5-6,8,10,13-16,23,26H,3-4,7,9H2,1-2H3,(H,24,25)/t26-,31-,32+,33+,34?,35+,40+,41-,42+;;10-,13-,14+,15+,16+,18+,19-,20+/m1.1/s1. The summed E-state index contributed by atoms with van der Waals surface area (Å²) < 4.78 is 50.8. The second-order valence-electron chi connectivity index (χ2n) is 36.1. The van der Waals surface area contributed by atoms with E-state index in [0.717, 1.165) is 75.8 Å². The van der Waals surface area contributed by atoms with Crippen LogP contribution >= 0.6 is 0 Å². The Morgan fingerprint density at radius 1 is 0.568 bits per heavy atom. The lowest BCUT2D eigenvalue weighted by atomic mass is 9.48. The minimum absolute atomic E-state index is 0.00173. The molecule has 644 valence electrons. The van der Waals surface area contributed by atoms with Crippen LogP contribution in [0.1, 0.15) is 203 Å². The number of likely N-dealkylation sites (tertiary alicyclic amines) is 1. The first-order valence-electron chi connectivity index (χ1n) is 42.8. The molecule has 29 heteroatoms. The molecule has 4 saturated heterocycles. The number of allylic oxidation sites excluding steroid dienone is 8. The van der Waals surface area contributed by atoms with E-state index >= 15 is 8.78 Å². The Kier molecular flexibility index (Phi) is 26.9. The Labute approximate surface area is 688 Å². The van der Waals surface area contributed by atoms with Gasteiger partial charge in [-0.05, 0) is 228 Å². The summed E-state index contributed by atoms with van der Waals surface area (Å²) in [4.78, 5) is 144. The number of piperidine rings is 2. The van der Waals surface area contributed by atoms with Gasteiger partial charge in [-0.15, -0.1) is 0 Å². The first kappa shape index (κ1) is 88.5. The van der Waals surface area contributed by atoms with Crippen LogP contribution in [0.3, 0.4) is 0 Å². The van der Waals surface area contributed by atoms with Gasteiger partial charge >= 0.3 is 24.1 Å². The number of urea groups is 2. The number of nitrogens with one attached hydrogen (secondary N) is 2. The van der Waals surface area contributed by atoms with Crippen LogP contribution in [0.25, 0.3) is 0 Å². The zero-order valence-corrected chi connectivity index (χ0v) is 69.2. The number of unbranched alkanes of at least 4 members (excludes halogenated alkanes) is 10. The number of aliphatic carboxylic acids is 1. The summed E-state index contributed by atoms with van der Waals surface area (Å²) in [5.74, 6) is -6.35. The first-order chi connectivity index (χ1) is 56.0. The van der Waals surface area contributed by atoms with E-state index in [1.807, 2.05) is 55.5 Å². The molecule has 2 aromatic rings. The average Bonchev–Trinajstić information content (AvgIpc) is 1.37. The number of nitrogens with zero attached hydrogens (tertiary/aromatic N) is 5. The summed E-state index contributed by atoms with van der Waals surface area (Å²) in [5, 5.41) is 59.9. The number of amides is 10. The van der Waals surface area contributed by atoms with Crippen molar-refractivity contribution in [2.75, 3.05) is 62.3 Å². The van der Waals surface area contributed by atoms with E-state index in [9.17, 15) is 78.3 Å². The quantitative estimate of drug-likeness (QED) is 0.0338. The maximum atomic E-state index is 17.2. The van der Waals surface area contributed by atoms with Crippen LogP contribution in [0.2, 0.25) is 0 Å². The van der Waals surface area contributed by atoms with E-state index in [-0.39, 0.29) is 79.4 Å². The van der Waals surface area contributed by atoms with E-state index in [1.165, 1.54) is 53.4 Å². The van der Waals surface area contributed by atoms with Crippen LogP contribution in [0.5, 0.6) is 11.5 Å². The highest BCUT2D eigenvalue weighted by molar-refractivity contribution is 6.13. The predicted octanol–water partition coefficient (Wildman–Crippen LogP) is 10.6. The molecule has 27 nitrogen and oxygen atoms in total. The predicted molar refractivity (Wildman–Crippen MR) is 432 cm³/mol.